The number of fused-ring (bicyclic) bond motifs is 3. The van der Waals surface area contributed by atoms with E-state index in [1.807, 2.05) is 13.8 Å². The first kappa shape index (κ1) is 10.0. The lowest BCUT2D eigenvalue weighted by Gasteiger charge is -1.92. The number of hydrogen-bond donors (Lipinski definition) is 1. The minimum absolute atomic E-state index is 1.17. The molecule has 0 radical (unpaired) electrons. The molecule has 1 aliphatic rings. The third-order valence-corrected chi connectivity index (χ3v) is 2.64. The first-order chi connectivity index (χ1) is 7.45. The van der Waals surface area contributed by atoms with E-state index in [1.54, 1.807) is 0 Å². The van der Waals surface area contributed by atoms with Crippen molar-refractivity contribution in [3.8, 4) is 0 Å². The van der Waals surface area contributed by atoms with Crippen LogP contribution in [-0.2, 0) is 0 Å². The number of hydrogen-bond acceptors (Lipinski definition) is 0. The monoisotopic (exact) mass is 199 g/mol. The van der Waals surface area contributed by atoms with E-state index < -0.39 is 0 Å². The van der Waals surface area contributed by atoms with Gasteiger partial charge in [-0.15, -0.1) is 0 Å². The number of aromatic amines is 1. The summed E-state index contributed by atoms with van der Waals surface area (Å²) in [6.45, 7) is 4.00. The van der Waals surface area contributed by atoms with Crippen molar-refractivity contribution in [3.05, 3.63) is 34.8 Å². The van der Waals surface area contributed by atoms with Gasteiger partial charge in [0.2, 0.25) is 0 Å². The van der Waals surface area contributed by atoms with Gasteiger partial charge in [0.15, 0.2) is 0 Å². The Bertz CT molecular complexity index is 561. The molecule has 0 unspecified atom stereocenters. The molecule has 3 rings (SSSR count). The second-order valence-corrected chi connectivity index (χ2v) is 3.48. The molecular weight excluding hydrogens is 182 g/mol. The van der Waals surface area contributed by atoms with Gasteiger partial charge in [-0.3, -0.25) is 0 Å². The number of benzene rings is 1. The van der Waals surface area contributed by atoms with Crippen molar-refractivity contribution in [1.29, 1.82) is 0 Å². The smallest absolute Gasteiger partial charge is 0.0464 e. The molecule has 1 heterocycles. The lowest BCUT2D eigenvalue weighted by molar-refractivity contribution is 1.11. The highest BCUT2D eigenvalue weighted by molar-refractivity contribution is 5.81. The van der Waals surface area contributed by atoms with Crippen LogP contribution < -0.4 is 10.6 Å². The van der Waals surface area contributed by atoms with E-state index in [-0.39, 0.29) is 0 Å². The fraction of sp³-hybridized carbons (Fsp3) is 0.286. The molecule has 0 saturated carbocycles. The summed E-state index contributed by atoms with van der Waals surface area (Å²) in [7, 11) is 0. The van der Waals surface area contributed by atoms with Crippen molar-refractivity contribution < 1.29 is 0 Å². The Morgan fingerprint density at radius 1 is 1.00 bits per heavy atom. The fourth-order valence-corrected chi connectivity index (χ4v) is 2.02. The topological polar surface area (TPSA) is 15.8 Å². The number of H-pyrrole nitrogens is 1. The number of aromatic nitrogens is 1. The Morgan fingerprint density at radius 3 is 2.60 bits per heavy atom. The Labute approximate surface area is 90.1 Å². The zero-order valence-corrected chi connectivity index (χ0v) is 9.38. The van der Waals surface area contributed by atoms with Crippen molar-refractivity contribution in [2.45, 2.75) is 26.7 Å². The molecule has 0 spiro atoms. The van der Waals surface area contributed by atoms with Gasteiger partial charge in [-0.2, -0.15) is 0 Å². The molecule has 1 N–H and O–H groups in total. The minimum atomic E-state index is 1.17. The van der Waals surface area contributed by atoms with Gasteiger partial charge in [0.1, 0.15) is 0 Å². The maximum atomic E-state index is 3.43. The third-order valence-electron chi connectivity index (χ3n) is 2.64. The van der Waals surface area contributed by atoms with Gasteiger partial charge >= 0.3 is 0 Å². The summed E-state index contributed by atoms with van der Waals surface area (Å²) < 4.78 is 0. The van der Waals surface area contributed by atoms with E-state index in [2.05, 4.69) is 41.4 Å². The normalized spacial score (nSPS) is 13.2. The first-order valence-electron chi connectivity index (χ1n) is 5.72. The molecule has 0 bridgehead atoms. The summed E-state index contributed by atoms with van der Waals surface area (Å²) in [5, 5.41) is 4.04. The highest BCUT2D eigenvalue weighted by atomic mass is 14.7. The van der Waals surface area contributed by atoms with Gasteiger partial charge in [-0.25, -0.2) is 0 Å². The average Bonchev–Trinajstić information content (AvgIpc) is 2.70. The van der Waals surface area contributed by atoms with Crippen LogP contribution in [0.2, 0.25) is 0 Å². The molecule has 1 aromatic carbocycles. The SMILES string of the molecule is C1=c2[nH]c3ccccc3c2=CCC1.CC. The van der Waals surface area contributed by atoms with E-state index in [1.165, 1.54) is 34.3 Å². The molecule has 1 nitrogen and oxygen atoms in total. The van der Waals surface area contributed by atoms with Gasteiger partial charge in [0.25, 0.3) is 0 Å². The van der Waals surface area contributed by atoms with Crippen LogP contribution in [0.3, 0.4) is 0 Å². The molecule has 0 amide bonds. The predicted octanol–water partition coefficient (Wildman–Crippen LogP) is 2.55. The van der Waals surface area contributed by atoms with Gasteiger partial charge in [-0.05, 0) is 18.9 Å². The molecule has 0 fully saturated rings. The Kier molecular flexibility index (Phi) is 2.91. The third kappa shape index (κ3) is 1.70. The Hall–Kier alpha value is -1.50. The first-order valence-corrected chi connectivity index (χ1v) is 5.72. The summed E-state index contributed by atoms with van der Waals surface area (Å²) >= 11 is 0. The minimum Gasteiger partial charge on any atom is -0.355 e. The number of rotatable bonds is 0. The molecule has 1 heteroatoms. The fourth-order valence-electron chi connectivity index (χ4n) is 2.02. The van der Waals surface area contributed by atoms with Crippen LogP contribution in [0, 0.1) is 0 Å². The van der Waals surface area contributed by atoms with Crippen LogP contribution >= 0.6 is 0 Å². The highest BCUT2D eigenvalue weighted by Gasteiger charge is 2.00. The summed E-state index contributed by atoms with van der Waals surface area (Å²) in [4.78, 5) is 3.43. The summed E-state index contributed by atoms with van der Waals surface area (Å²) in [6.07, 6.45) is 6.96. The van der Waals surface area contributed by atoms with Crippen molar-refractivity contribution >= 4 is 23.1 Å². The molecule has 0 aliphatic heterocycles. The van der Waals surface area contributed by atoms with Gasteiger partial charge in [-0.1, -0.05) is 44.2 Å². The van der Waals surface area contributed by atoms with Crippen LogP contribution in [0.1, 0.15) is 26.7 Å². The van der Waals surface area contributed by atoms with Crippen LogP contribution in [-0.4, -0.2) is 4.98 Å². The van der Waals surface area contributed by atoms with Crippen molar-refractivity contribution in [1.82, 2.24) is 4.98 Å². The molecular formula is C14H17N. The largest absolute Gasteiger partial charge is 0.355 e. The van der Waals surface area contributed by atoms with Crippen LogP contribution in [0.4, 0.5) is 0 Å². The standard InChI is InChI=1S/C12H11N.C2H6/c1-3-7-11-9(5-1)10-6-2-4-8-12(10)13-11;1-2/h1,3,5-8,13H,2,4H2;1-2H3. The molecule has 0 atom stereocenters. The van der Waals surface area contributed by atoms with Gasteiger partial charge < -0.3 is 4.98 Å². The quantitative estimate of drug-likeness (QED) is 0.671. The Balaban J connectivity index is 0.000000404. The Morgan fingerprint density at radius 2 is 1.73 bits per heavy atom. The summed E-state index contributed by atoms with van der Waals surface area (Å²) in [6, 6.07) is 8.48. The van der Waals surface area contributed by atoms with E-state index in [9.17, 15) is 0 Å². The van der Waals surface area contributed by atoms with E-state index in [0.29, 0.717) is 0 Å². The molecule has 1 aromatic heterocycles. The molecule has 2 aromatic rings. The predicted molar refractivity (Wildman–Crippen MR) is 67.1 cm³/mol. The van der Waals surface area contributed by atoms with Crippen LogP contribution in [0.15, 0.2) is 24.3 Å². The number of nitrogens with one attached hydrogen (secondary N) is 1. The highest BCUT2D eigenvalue weighted by Crippen LogP contribution is 2.06. The van der Waals surface area contributed by atoms with Crippen molar-refractivity contribution in [2.75, 3.05) is 0 Å². The van der Waals surface area contributed by atoms with Gasteiger partial charge in [0.05, 0.1) is 0 Å². The lowest BCUT2D eigenvalue weighted by atomic mass is 10.1. The summed E-state index contributed by atoms with van der Waals surface area (Å²) in [5.74, 6) is 0. The van der Waals surface area contributed by atoms with E-state index in [0.717, 1.165) is 0 Å². The number of para-hydroxylation sites is 1. The zero-order valence-electron chi connectivity index (χ0n) is 9.38. The van der Waals surface area contributed by atoms with E-state index >= 15 is 0 Å². The molecule has 1 aliphatic carbocycles. The van der Waals surface area contributed by atoms with Crippen molar-refractivity contribution in [3.63, 3.8) is 0 Å². The van der Waals surface area contributed by atoms with E-state index in [4.69, 9.17) is 0 Å². The van der Waals surface area contributed by atoms with Crippen LogP contribution in [0.25, 0.3) is 23.1 Å². The van der Waals surface area contributed by atoms with Crippen LogP contribution in [0.5, 0.6) is 0 Å². The van der Waals surface area contributed by atoms with Crippen molar-refractivity contribution in [2.24, 2.45) is 0 Å². The lowest BCUT2D eigenvalue weighted by Crippen LogP contribution is -2.24. The zero-order chi connectivity index (χ0) is 10.7. The second kappa shape index (κ2) is 4.35. The second-order valence-electron chi connectivity index (χ2n) is 3.48. The molecule has 0 saturated heterocycles. The summed E-state index contributed by atoms with van der Waals surface area (Å²) in [5.41, 5.74) is 1.25. The maximum Gasteiger partial charge on any atom is 0.0464 e. The van der Waals surface area contributed by atoms with Gasteiger partial charge in [0, 0.05) is 21.5 Å². The maximum absolute atomic E-state index is 3.43. The average molecular weight is 199 g/mol. The molecule has 15 heavy (non-hydrogen) atoms. The molecule has 78 valence electrons.